The number of fused-ring (bicyclic) bond motifs is 2. The Balaban J connectivity index is 1.97. The summed E-state index contributed by atoms with van der Waals surface area (Å²) in [6, 6.07) is 16.5. The summed E-state index contributed by atoms with van der Waals surface area (Å²) in [6.07, 6.45) is 0.266. The van der Waals surface area contributed by atoms with Gasteiger partial charge in [0.1, 0.15) is 22.6 Å². The first kappa shape index (κ1) is 18.3. The molecule has 0 fully saturated rings. The fourth-order valence-electron chi connectivity index (χ4n) is 3.82. The molecule has 0 saturated carbocycles. The van der Waals surface area contributed by atoms with Crippen molar-refractivity contribution in [1.82, 2.24) is 0 Å². The predicted octanol–water partition coefficient (Wildman–Crippen LogP) is 4.39. The topological polar surface area (TPSA) is 115 Å². The van der Waals surface area contributed by atoms with Crippen molar-refractivity contribution in [2.24, 2.45) is 0 Å². The summed E-state index contributed by atoms with van der Waals surface area (Å²) in [5, 5.41) is 41.7. The minimum Gasteiger partial charge on any atom is -0.507 e. The molecule has 6 heteroatoms. The van der Waals surface area contributed by atoms with Gasteiger partial charge in [0.15, 0.2) is 0 Å². The Hall–Kier alpha value is -4.06. The van der Waals surface area contributed by atoms with Crippen LogP contribution < -0.4 is 0 Å². The normalized spacial score (nSPS) is 11.0. The number of phenols is 2. The molecule has 4 aromatic rings. The molecule has 0 atom stereocenters. The van der Waals surface area contributed by atoms with Gasteiger partial charge < -0.3 is 20.4 Å². The molecule has 144 valence electrons. The molecule has 4 aromatic carbocycles. The van der Waals surface area contributed by atoms with E-state index in [1.165, 1.54) is 12.1 Å². The van der Waals surface area contributed by atoms with E-state index in [4.69, 9.17) is 0 Å². The number of carboxylic acid groups (broad SMARTS) is 2. The molecule has 0 heterocycles. The van der Waals surface area contributed by atoms with E-state index < -0.39 is 11.9 Å². The van der Waals surface area contributed by atoms with Gasteiger partial charge in [0.2, 0.25) is 0 Å². The first-order chi connectivity index (χ1) is 13.9. The van der Waals surface area contributed by atoms with Crippen LogP contribution in [0.3, 0.4) is 0 Å². The van der Waals surface area contributed by atoms with Gasteiger partial charge in [-0.25, -0.2) is 9.59 Å². The van der Waals surface area contributed by atoms with Gasteiger partial charge in [-0.3, -0.25) is 0 Å². The largest absolute Gasteiger partial charge is 0.507 e. The van der Waals surface area contributed by atoms with E-state index in [2.05, 4.69) is 0 Å². The molecule has 4 rings (SSSR count). The van der Waals surface area contributed by atoms with Gasteiger partial charge in [-0.15, -0.1) is 0 Å². The van der Waals surface area contributed by atoms with E-state index in [9.17, 15) is 30.0 Å². The molecular formula is C23H16O6. The predicted molar refractivity (Wildman–Crippen MR) is 108 cm³/mol. The fraction of sp³-hybridized carbons (Fsp3) is 0.0435. The number of carbonyl (C=O) groups is 2. The molecule has 4 N–H and O–H groups in total. The molecule has 29 heavy (non-hydrogen) atoms. The zero-order chi connectivity index (χ0) is 20.7. The Morgan fingerprint density at radius 1 is 0.621 bits per heavy atom. The van der Waals surface area contributed by atoms with Crippen LogP contribution in [-0.2, 0) is 6.42 Å². The zero-order valence-corrected chi connectivity index (χ0v) is 15.1. The van der Waals surface area contributed by atoms with Crippen molar-refractivity contribution >= 4 is 33.5 Å². The Morgan fingerprint density at radius 3 is 1.31 bits per heavy atom. The Kier molecular flexibility index (Phi) is 4.31. The van der Waals surface area contributed by atoms with Crippen LogP contribution in [0.2, 0.25) is 0 Å². The van der Waals surface area contributed by atoms with E-state index in [1.54, 1.807) is 48.5 Å². The number of rotatable bonds is 4. The van der Waals surface area contributed by atoms with Crippen molar-refractivity contribution in [1.29, 1.82) is 0 Å². The number of carboxylic acids is 2. The van der Waals surface area contributed by atoms with Gasteiger partial charge >= 0.3 is 11.9 Å². The summed E-state index contributed by atoms with van der Waals surface area (Å²) in [4.78, 5) is 23.2. The molecule has 0 amide bonds. The summed E-state index contributed by atoms with van der Waals surface area (Å²) in [7, 11) is 0. The first-order valence-electron chi connectivity index (χ1n) is 8.82. The molecule has 0 unspecified atom stereocenters. The lowest BCUT2D eigenvalue weighted by molar-refractivity contribution is 0.0684. The van der Waals surface area contributed by atoms with Crippen molar-refractivity contribution in [3.63, 3.8) is 0 Å². The molecule has 0 aromatic heterocycles. The second kappa shape index (κ2) is 6.83. The van der Waals surface area contributed by atoms with Gasteiger partial charge in [0, 0.05) is 10.8 Å². The van der Waals surface area contributed by atoms with E-state index in [1.807, 2.05) is 0 Å². The third-order valence-electron chi connectivity index (χ3n) is 5.03. The fourth-order valence-corrected chi connectivity index (χ4v) is 3.82. The molecule has 0 aliphatic carbocycles. The molecule has 0 aliphatic rings. The van der Waals surface area contributed by atoms with Crippen LogP contribution in [0.15, 0.2) is 60.7 Å². The highest BCUT2D eigenvalue weighted by Gasteiger charge is 2.20. The molecule has 6 nitrogen and oxygen atoms in total. The highest BCUT2D eigenvalue weighted by Crippen LogP contribution is 2.35. The van der Waals surface area contributed by atoms with Crippen LogP contribution in [0.1, 0.15) is 31.8 Å². The van der Waals surface area contributed by atoms with Crippen LogP contribution in [0, 0.1) is 0 Å². The van der Waals surface area contributed by atoms with Crippen LogP contribution in [0.25, 0.3) is 21.5 Å². The second-order valence-electron chi connectivity index (χ2n) is 6.74. The SMILES string of the molecule is O=C(O)c1c(O)cc(Cc2cc(O)c(C(=O)O)c3ccccc23)c2ccccc12. The number of benzene rings is 4. The average Bonchev–Trinajstić information content (AvgIpc) is 2.67. The number of aromatic carboxylic acids is 2. The van der Waals surface area contributed by atoms with E-state index in [-0.39, 0.29) is 29.0 Å². The Labute approximate surface area is 164 Å². The van der Waals surface area contributed by atoms with Gasteiger partial charge in [-0.05, 0) is 40.5 Å². The summed E-state index contributed by atoms with van der Waals surface area (Å²) < 4.78 is 0. The highest BCUT2D eigenvalue weighted by molar-refractivity contribution is 6.09. The molecule has 0 aliphatic heterocycles. The van der Waals surface area contributed by atoms with Gasteiger partial charge in [0.25, 0.3) is 0 Å². The zero-order valence-electron chi connectivity index (χ0n) is 15.1. The van der Waals surface area contributed by atoms with Gasteiger partial charge in [-0.2, -0.15) is 0 Å². The van der Waals surface area contributed by atoms with Crippen LogP contribution >= 0.6 is 0 Å². The van der Waals surface area contributed by atoms with Crippen molar-refractivity contribution in [2.45, 2.75) is 6.42 Å². The van der Waals surface area contributed by atoms with E-state index >= 15 is 0 Å². The maximum Gasteiger partial charge on any atom is 0.340 e. The molecule has 0 bridgehead atoms. The Morgan fingerprint density at radius 2 is 0.966 bits per heavy atom. The summed E-state index contributed by atoms with van der Waals surface area (Å²) in [5.74, 6) is -3.14. The lowest BCUT2D eigenvalue weighted by Gasteiger charge is -2.14. The maximum atomic E-state index is 11.6. The van der Waals surface area contributed by atoms with Crippen molar-refractivity contribution in [3.05, 3.63) is 82.9 Å². The average molecular weight is 388 g/mol. The number of hydrogen-bond donors (Lipinski definition) is 4. The maximum absolute atomic E-state index is 11.6. The minimum absolute atomic E-state index is 0.168. The lowest BCUT2D eigenvalue weighted by atomic mass is 9.91. The van der Waals surface area contributed by atoms with Gasteiger partial charge in [-0.1, -0.05) is 48.5 Å². The summed E-state index contributed by atoms with van der Waals surface area (Å²) >= 11 is 0. The molecular weight excluding hydrogens is 372 g/mol. The van der Waals surface area contributed by atoms with E-state index in [0.717, 1.165) is 0 Å². The quantitative estimate of drug-likeness (QED) is 0.412. The molecule has 0 saturated heterocycles. The molecule has 0 spiro atoms. The van der Waals surface area contributed by atoms with Crippen molar-refractivity contribution in [2.75, 3.05) is 0 Å². The van der Waals surface area contributed by atoms with Crippen molar-refractivity contribution < 1.29 is 30.0 Å². The third-order valence-corrected chi connectivity index (χ3v) is 5.03. The number of aromatic hydroxyl groups is 2. The first-order valence-corrected chi connectivity index (χ1v) is 8.82. The van der Waals surface area contributed by atoms with Gasteiger partial charge in [0.05, 0.1) is 0 Å². The van der Waals surface area contributed by atoms with Crippen LogP contribution in [-0.4, -0.2) is 32.4 Å². The highest BCUT2D eigenvalue weighted by atomic mass is 16.4. The summed E-state index contributed by atoms with van der Waals surface area (Å²) in [5.41, 5.74) is 0.989. The minimum atomic E-state index is -1.22. The Bertz CT molecular complexity index is 1200. The lowest BCUT2D eigenvalue weighted by Crippen LogP contribution is -2.03. The van der Waals surface area contributed by atoms with Crippen LogP contribution in [0.5, 0.6) is 11.5 Å². The second-order valence-corrected chi connectivity index (χ2v) is 6.74. The van der Waals surface area contributed by atoms with Crippen LogP contribution in [0.4, 0.5) is 0 Å². The monoisotopic (exact) mass is 388 g/mol. The summed E-state index contributed by atoms with van der Waals surface area (Å²) in [6.45, 7) is 0. The number of hydrogen-bond acceptors (Lipinski definition) is 4. The van der Waals surface area contributed by atoms with Crippen molar-refractivity contribution in [3.8, 4) is 11.5 Å². The molecule has 0 radical (unpaired) electrons. The standard InChI is InChI=1S/C23H16O6/c24-18-10-12(14-5-1-3-7-16(14)20(18)22(26)27)9-13-11-19(25)21(23(28)29)17-8-4-2-6-15(13)17/h1-8,10-11,24-25H,9H2,(H,26,27)(H,28,29). The smallest absolute Gasteiger partial charge is 0.340 e. The van der Waals surface area contributed by atoms with E-state index in [0.29, 0.717) is 32.7 Å². The third kappa shape index (κ3) is 3.00.